The number of phenols is 2. The third-order valence-corrected chi connectivity index (χ3v) is 8.51. The number of nitrogens with one attached hydrogen (secondary N) is 1. The highest BCUT2D eigenvalue weighted by molar-refractivity contribution is 6.31. The van der Waals surface area contributed by atoms with Crippen molar-refractivity contribution in [2.45, 2.75) is 37.4 Å². The molecule has 3 unspecified atom stereocenters. The van der Waals surface area contributed by atoms with Crippen molar-refractivity contribution in [2.24, 2.45) is 0 Å². The van der Waals surface area contributed by atoms with E-state index in [0.717, 1.165) is 10.9 Å². The molecule has 10 heteroatoms. The summed E-state index contributed by atoms with van der Waals surface area (Å²) in [6.07, 6.45) is -0.880. The third-order valence-electron chi connectivity index (χ3n) is 8.51. The molecule has 2 aromatic heterocycles. The SMILES string of the molecule is COC(=O)C1(O)CC2OC1(C)n1c3ccc(O)cc3c3c4c(c5c6cc(O)ccc6n2c5c31)C(=O)NC4. The van der Waals surface area contributed by atoms with Crippen LogP contribution in [0.2, 0.25) is 0 Å². The number of hydrogen-bond donors (Lipinski definition) is 4. The number of methoxy groups -OCH3 is 1. The Morgan fingerprint density at radius 1 is 1.08 bits per heavy atom. The van der Waals surface area contributed by atoms with E-state index in [9.17, 15) is 24.9 Å². The van der Waals surface area contributed by atoms with Crippen LogP contribution in [0.15, 0.2) is 36.4 Å². The maximum absolute atomic E-state index is 13.3. The molecule has 186 valence electrons. The smallest absolute Gasteiger partial charge is 0.343 e. The second-order valence-corrected chi connectivity index (χ2v) is 10.2. The lowest BCUT2D eigenvalue weighted by atomic mass is 9.88. The molecule has 5 heterocycles. The molecule has 3 aromatic carbocycles. The first-order valence-electron chi connectivity index (χ1n) is 12.0. The number of hydrogen-bond acceptors (Lipinski definition) is 7. The van der Waals surface area contributed by atoms with E-state index in [4.69, 9.17) is 9.47 Å². The second-order valence-electron chi connectivity index (χ2n) is 10.2. The molecule has 4 N–H and O–H groups in total. The van der Waals surface area contributed by atoms with Crippen LogP contribution in [0.3, 0.4) is 0 Å². The molecule has 2 bridgehead atoms. The number of carbonyl (C=O) groups is 2. The van der Waals surface area contributed by atoms with Crippen molar-refractivity contribution in [3.05, 3.63) is 47.5 Å². The van der Waals surface area contributed by atoms with Gasteiger partial charge in [0, 0.05) is 34.5 Å². The van der Waals surface area contributed by atoms with Crippen LogP contribution in [-0.2, 0) is 26.5 Å². The number of esters is 1. The van der Waals surface area contributed by atoms with Crippen molar-refractivity contribution >= 4 is 55.5 Å². The van der Waals surface area contributed by atoms with Crippen LogP contribution in [0.4, 0.5) is 0 Å². The summed E-state index contributed by atoms with van der Waals surface area (Å²) in [5.74, 6) is -0.964. The standard InChI is InChI=1S/C27H21N3O7/c1-26-27(35,25(34)36-2)9-18(37-26)29-16-5-3-11(31)7-13(16)20-21-15(10-28-24(21)33)19-14-8-12(32)4-6-17(14)30(26)23(19)22(20)29/h3-8,18,31-32,35H,9-10H2,1-2H3,(H,28,33). The van der Waals surface area contributed by atoms with Crippen molar-refractivity contribution in [3.8, 4) is 11.5 Å². The molecule has 5 aromatic rings. The van der Waals surface area contributed by atoms with E-state index in [1.54, 1.807) is 37.3 Å². The van der Waals surface area contributed by atoms with Crippen molar-refractivity contribution in [2.75, 3.05) is 7.11 Å². The van der Waals surface area contributed by atoms with Crippen LogP contribution in [0.5, 0.6) is 11.5 Å². The third kappa shape index (κ3) is 2.09. The molecule has 1 amide bonds. The average molecular weight is 499 g/mol. The molecular weight excluding hydrogens is 478 g/mol. The normalized spacial score (nSPS) is 25.9. The maximum Gasteiger partial charge on any atom is 0.343 e. The topological polar surface area (TPSA) is 135 Å². The predicted octanol–water partition coefficient (Wildman–Crippen LogP) is 3.07. The highest BCUT2D eigenvalue weighted by atomic mass is 16.6. The van der Waals surface area contributed by atoms with Crippen molar-refractivity contribution in [1.29, 1.82) is 0 Å². The van der Waals surface area contributed by atoms with Crippen LogP contribution in [0, 0.1) is 0 Å². The molecule has 3 aliphatic heterocycles. The number of aliphatic hydroxyl groups is 1. The molecule has 3 atom stereocenters. The number of phenolic OH excluding ortho intramolecular Hbond substituents is 2. The quantitative estimate of drug-likeness (QED) is 0.260. The van der Waals surface area contributed by atoms with Crippen molar-refractivity contribution in [1.82, 2.24) is 14.5 Å². The molecule has 1 fully saturated rings. The molecule has 0 aliphatic carbocycles. The number of rotatable bonds is 1. The number of carbonyl (C=O) groups excluding carboxylic acids is 2. The Bertz CT molecular complexity index is 1940. The largest absolute Gasteiger partial charge is 0.508 e. The summed E-state index contributed by atoms with van der Waals surface area (Å²) in [5.41, 5.74) is 0.280. The van der Waals surface area contributed by atoms with Gasteiger partial charge in [0.1, 0.15) is 17.7 Å². The van der Waals surface area contributed by atoms with Gasteiger partial charge in [0.2, 0.25) is 5.60 Å². The number of fused-ring (bicyclic) bond motifs is 13. The number of aromatic hydroxyl groups is 2. The number of amides is 1. The van der Waals surface area contributed by atoms with Gasteiger partial charge in [-0.15, -0.1) is 0 Å². The van der Waals surface area contributed by atoms with E-state index < -0.39 is 23.5 Å². The lowest BCUT2D eigenvalue weighted by molar-refractivity contribution is -0.202. The zero-order chi connectivity index (χ0) is 25.6. The van der Waals surface area contributed by atoms with E-state index in [2.05, 4.69) is 5.32 Å². The van der Waals surface area contributed by atoms with E-state index >= 15 is 0 Å². The van der Waals surface area contributed by atoms with Gasteiger partial charge in [0.15, 0.2) is 5.72 Å². The molecule has 1 saturated heterocycles. The Kier molecular flexibility index (Phi) is 3.47. The average Bonchev–Trinajstić information content (AvgIpc) is 3.55. The Morgan fingerprint density at radius 2 is 1.76 bits per heavy atom. The first-order valence-corrected chi connectivity index (χ1v) is 12.0. The number of nitrogens with zero attached hydrogens (tertiary/aromatic N) is 2. The van der Waals surface area contributed by atoms with E-state index in [1.807, 2.05) is 9.13 Å². The molecule has 0 spiro atoms. The predicted molar refractivity (Wildman–Crippen MR) is 132 cm³/mol. The van der Waals surface area contributed by atoms with Gasteiger partial charge in [0.25, 0.3) is 5.91 Å². The summed E-state index contributed by atoms with van der Waals surface area (Å²) < 4.78 is 15.4. The Morgan fingerprint density at radius 3 is 2.46 bits per heavy atom. The summed E-state index contributed by atoms with van der Waals surface area (Å²) in [6, 6.07) is 9.80. The molecular formula is C27H21N3O7. The first-order chi connectivity index (χ1) is 17.7. The zero-order valence-electron chi connectivity index (χ0n) is 19.8. The fourth-order valence-electron chi connectivity index (χ4n) is 6.97. The van der Waals surface area contributed by atoms with Crippen molar-refractivity contribution < 1.29 is 34.4 Å². The Balaban J connectivity index is 1.73. The van der Waals surface area contributed by atoms with Gasteiger partial charge >= 0.3 is 5.97 Å². The minimum Gasteiger partial charge on any atom is -0.508 e. The van der Waals surface area contributed by atoms with Gasteiger partial charge in [-0.3, -0.25) is 4.79 Å². The molecule has 3 aliphatic rings. The lowest BCUT2D eigenvalue weighted by Gasteiger charge is -2.37. The highest BCUT2D eigenvalue weighted by Crippen LogP contribution is 2.58. The monoisotopic (exact) mass is 499 g/mol. The van der Waals surface area contributed by atoms with Gasteiger partial charge in [0.05, 0.1) is 34.7 Å². The minimum absolute atomic E-state index is 0.0406. The van der Waals surface area contributed by atoms with Gasteiger partial charge in [-0.25, -0.2) is 4.79 Å². The van der Waals surface area contributed by atoms with Gasteiger partial charge < -0.3 is 39.2 Å². The summed E-state index contributed by atoms with van der Waals surface area (Å²) in [6.45, 7) is 1.93. The minimum atomic E-state index is -2.05. The molecule has 0 saturated carbocycles. The van der Waals surface area contributed by atoms with Gasteiger partial charge in [-0.1, -0.05) is 0 Å². The van der Waals surface area contributed by atoms with Crippen LogP contribution in [-0.4, -0.2) is 49.0 Å². The zero-order valence-corrected chi connectivity index (χ0v) is 19.8. The Hall–Kier alpha value is -4.28. The van der Waals surface area contributed by atoms with Crippen LogP contribution < -0.4 is 5.32 Å². The summed E-state index contributed by atoms with van der Waals surface area (Å²) in [4.78, 5) is 26.4. The Labute approximate surface area is 208 Å². The lowest BCUT2D eigenvalue weighted by Crippen LogP contribution is -2.56. The second kappa shape index (κ2) is 6.16. The maximum atomic E-state index is 13.3. The number of benzene rings is 3. The van der Waals surface area contributed by atoms with Gasteiger partial charge in [-0.05, 0) is 48.9 Å². The molecule has 0 radical (unpaired) electrons. The van der Waals surface area contributed by atoms with E-state index in [0.29, 0.717) is 43.8 Å². The molecule has 10 nitrogen and oxygen atoms in total. The van der Waals surface area contributed by atoms with Crippen LogP contribution in [0.1, 0.15) is 35.5 Å². The summed E-state index contributed by atoms with van der Waals surface area (Å²) in [5, 5.41) is 38.5. The number of aromatic nitrogens is 2. The fraction of sp³-hybridized carbons (Fsp3) is 0.259. The van der Waals surface area contributed by atoms with Crippen molar-refractivity contribution in [3.63, 3.8) is 0 Å². The fourth-order valence-corrected chi connectivity index (χ4v) is 6.97. The first kappa shape index (κ1) is 20.9. The summed E-state index contributed by atoms with van der Waals surface area (Å²) in [7, 11) is 1.23. The number of ether oxygens (including phenoxy) is 2. The molecule has 8 rings (SSSR count). The van der Waals surface area contributed by atoms with Crippen LogP contribution in [0.25, 0.3) is 43.6 Å². The highest BCUT2D eigenvalue weighted by Gasteiger charge is 2.65. The van der Waals surface area contributed by atoms with E-state index in [1.165, 1.54) is 13.2 Å². The molecule has 37 heavy (non-hydrogen) atoms. The summed E-state index contributed by atoms with van der Waals surface area (Å²) >= 11 is 0. The van der Waals surface area contributed by atoms with Crippen LogP contribution >= 0.6 is 0 Å². The van der Waals surface area contributed by atoms with Gasteiger partial charge in [-0.2, -0.15) is 0 Å². The van der Waals surface area contributed by atoms with E-state index in [-0.39, 0.29) is 30.4 Å².